The number of nitrogens with zero attached hydrogens (tertiary/aromatic N) is 4. The van der Waals surface area contributed by atoms with Gasteiger partial charge in [-0.05, 0) is 42.9 Å². The fraction of sp³-hybridized carbons (Fsp3) is 0.591. The molecule has 2 aliphatic rings. The molecular formula is C22H33N5O3S. The number of urea groups is 1. The maximum Gasteiger partial charge on any atom is 0.333 e. The first-order valence-electron chi connectivity index (χ1n) is 10.9. The Balaban J connectivity index is 1.94. The van der Waals surface area contributed by atoms with Crippen LogP contribution in [0, 0.1) is 6.92 Å². The molecule has 0 aromatic heterocycles. The van der Waals surface area contributed by atoms with Gasteiger partial charge in [-0.1, -0.05) is 31.2 Å². The number of hydrogen-bond acceptors (Lipinski definition) is 5. The van der Waals surface area contributed by atoms with Crippen molar-refractivity contribution in [2.24, 2.45) is 0 Å². The van der Waals surface area contributed by atoms with Gasteiger partial charge in [0.2, 0.25) is 11.8 Å². The van der Waals surface area contributed by atoms with Crippen molar-refractivity contribution >= 4 is 29.6 Å². The van der Waals surface area contributed by atoms with Gasteiger partial charge in [0.05, 0.1) is 13.1 Å². The fourth-order valence-electron chi connectivity index (χ4n) is 4.29. The quantitative estimate of drug-likeness (QED) is 0.646. The molecule has 1 N–H and O–H groups in total. The molecule has 2 fully saturated rings. The average molecular weight is 448 g/mol. The van der Waals surface area contributed by atoms with Crippen LogP contribution in [0.1, 0.15) is 31.4 Å². The summed E-state index contributed by atoms with van der Waals surface area (Å²) in [5.41, 5.74) is 2.19. The van der Waals surface area contributed by atoms with E-state index in [1.807, 2.05) is 43.0 Å². The summed E-state index contributed by atoms with van der Waals surface area (Å²) in [6.45, 7) is 7.31. The third-order valence-electron chi connectivity index (χ3n) is 5.84. The monoisotopic (exact) mass is 447 g/mol. The lowest BCUT2D eigenvalue weighted by Gasteiger charge is -2.54. The van der Waals surface area contributed by atoms with E-state index >= 15 is 0 Å². The van der Waals surface area contributed by atoms with Gasteiger partial charge in [-0.15, -0.1) is 0 Å². The summed E-state index contributed by atoms with van der Waals surface area (Å²) in [5.74, 6) is 1.60. The summed E-state index contributed by atoms with van der Waals surface area (Å²) in [5, 5.41) is 6.11. The molecule has 2 saturated heterocycles. The number of amides is 4. The number of hydrazine groups is 1. The number of carbonyl (C=O) groups is 3. The molecule has 9 heteroatoms. The van der Waals surface area contributed by atoms with Crippen molar-refractivity contribution < 1.29 is 14.4 Å². The van der Waals surface area contributed by atoms with Gasteiger partial charge in [0.25, 0.3) is 0 Å². The van der Waals surface area contributed by atoms with E-state index in [4.69, 9.17) is 0 Å². The van der Waals surface area contributed by atoms with Crippen LogP contribution >= 0.6 is 11.8 Å². The molecule has 2 atom stereocenters. The number of fused-ring (bicyclic) bond motifs is 1. The number of nitrogens with one attached hydrogen (secondary N) is 1. The van der Waals surface area contributed by atoms with Crippen molar-refractivity contribution in [3.63, 3.8) is 0 Å². The van der Waals surface area contributed by atoms with Crippen LogP contribution in [0.3, 0.4) is 0 Å². The van der Waals surface area contributed by atoms with E-state index in [0.717, 1.165) is 22.6 Å². The Morgan fingerprint density at radius 3 is 2.65 bits per heavy atom. The number of aryl methyl sites for hydroxylation is 1. The molecule has 0 bridgehead atoms. The van der Waals surface area contributed by atoms with Crippen LogP contribution in [0.15, 0.2) is 24.3 Å². The Labute approximate surface area is 188 Å². The number of thioether (sulfide) groups is 1. The number of hydrogen-bond donors (Lipinski definition) is 1. The molecule has 31 heavy (non-hydrogen) atoms. The Bertz CT molecular complexity index is 820. The molecule has 1 unspecified atom stereocenters. The number of likely N-dealkylation sites (N-methyl/N-ethyl adjacent to an activating group) is 1. The molecule has 8 nitrogen and oxygen atoms in total. The summed E-state index contributed by atoms with van der Waals surface area (Å²) >= 11 is 1.76. The first kappa shape index (κ1) is 23.4. The van der Waals surface area contributed by atoms with Crippen molar-refractivity contribution in [3.8, 4) is 0 Å². The Kier molecular flexibility index (Phi) is 7.83. The highest BCUT2D eigenvalue weighted by Crippen LogP contribution is 2.29. The highest BCUT2D eigenvalue weighted by molar-refractivity contribution is 7.99. The van der Waals surface area contributed by atoms with E-state index < -0.39 is 12.2 Å². The van der Waals surface area contributed by atoms with E-state index in [0.29, 0.717) is 19.5 Å². The van der Waals surface area contributed by atoms with Crippen molar-refractivity contribution in [1.82, 2.24) is 25.1 Å². The van der Waals surface area contributed by atoms with Crippen LogP contribution < -0.4 is 5.32 Å². The Morgan fingerprint density at radius 2 is 1.97 bits per heavy atom. The van der Waals surface area contributed by atoms with Crippen molar-refractivity contribution in [2.75, 3.05) is 38.2 Å². The molecule has 0 aliphatic carbocycles. The van der Waals surface area contributed by atoms with Gasteiger partial charge in [-0.3, -0.25) is 9.59 Å². The minimum absolute atomic E-state index is 0.0371. The second-order valence-electron chi connectivity index (χ2n) is 7.92. The summed E-state index contributed by atoms with van der Waals surface area (Å²) in [4.78, 5) is 42.9. The predicted octanol–water partition coefficient (Wildman–Crippen LogP) is 1.90. The molecule has 0 radical (unpaired) electrons. The number of rotatable bonds is 7. The molecular weight excluding hydrogens is 414 g/mol. The zero-order valence-electron chi connectivity index (χ0n) is 18.8. The third kappa shape index (κ3) is 4.98. The van der Waals surface area contributed by atoms with Gasteiger partial charge in [0.1, 0.15) is 12.2 Å². The topological polar surface area (TPSA) is 76.2 Å². The predicted molar refractivity (Wildman–Crippen MR) is 122 cm³/mol. The van der Waals surface area contributed by atoms with Crippen molar-refractivity contribution in [1.29, 1.82) is 0 Å². The lowest BCUT2D eigenvalue weighted by atomic mass is 10.0. The molecule has 2 aliphatic heterocycles. The van der Waals surface area contributed by atoms with E-state index in [-0.39, 0.29) is 30.9 Å². The van der Waals surface area contributed by atoms with E-state index in [1.165, 1.54) is 0 Å². The largest absolute Gasteiger partial charge is 0.337 e. The maximum atomic E-state index is 13.5. The lowest BCUT2D eigenvalue weighted by Crippen LogP contribution is -2.75. The summed E-state index contributed by atoms with van der Waals surface area (Å²) in [6, 6.07) is 7.20. The smallest absolute Gasteiger partial charge is 0.333 e. The van der Waals surface area contributed by atoms with E-state index in [1.54, 1.807) is 33.7 Å². The highest BCUT2D eigenvalue weighted by Gasteiger charge is 2.50. The fourth-order valence-corrected chi connectivity index (χ4v) is 4.97. The molecule has 0 saturated carbocycles. The molecule has 3 rings (SSSR count). The first-order chi connectivity index (χ1) is 14.9. The first-order valence-corrected chi connectivity index (χ1v) is 12.0. The van der Waals surface area contributed by atoms with Crippen LogP contribution in [-0.4, -0.2) is 88.1 Å². The normalized spacial score (nSPS) is 22.0. The maximum absolute atomic E-state index is 13.5. The number of carbonyl (C=O) groups excluding carboxylic acids is 3. The molecule has 2 heterocycles. The molecule has 1 aromatic rings. The number of benzene rings is 1. The molecule has 0 spiro atoms. The molecule has 170 valence electrons. The standard InChI is InChI=1S/C22H33N5O3S/c1-5-23-22(30)27-19-14-25(13-17-10-8-7-9-16(17)3)21(29)18(11-12-31-6-2)26(19)20(28)15-24(27)4/h7-10,18-19H,5-6,11-15H2,1-4H3,(H,23,30)/t18-,19?/m0/s1. The summed E-state index contributed by atoms with van der Waals surface area (Å²) in [6.07, 6.45) is 0.0627. The van der Waals surface area contributed by atoms with Crippen LogP contribution in [-0.2, 0) is 16.1 Å². The van der Waals surface area contributed by atoms with Crippen LogP contribution in [0.5, 0.6) is 0 Å². The van der Waals surface area contributed by atoms with Gasteiger partial charge >= 0.3 is 6.03 Å². The van der Waals surface area contributed by atoms with E-state index in [2.05, 4.69) is 12.2 Å². The minimum Gasteiger partial charge on any atom is -0.337 e. The number of piperazine rings is 1. The third-order valence-corrected chi connectivity index (χ3v) is 6.77. The minimum atomic E-state index is -0.556. The van der Waals surface area contributed by atoms with Crippen LogP contribution in [0.2, 0.25) is 0 Å². The van der Waals surface area contributed by atoms with Crippen LogP contribution in [0.4, 0.5) is 4.79 Å². The average Bonchev–Trinajstić information content (AvgIpc) is 2.72. The molecule has 4 amide bonds. The molecule has 1 aromatic carbocycles. The van der Waals surface area contributed by atoms with E-state index in [9.17, 15) is 14.4 Å². The second kappa shape index (κ2) is 10.4. The Hall–Kier alpha value is -2.26. The van der Waals surface area contributed by atoms with Gasteiger partial charge < -0.3 is 15.1 Å². The second-order valence-corrected chi connectivity index (χ2v) is 9.32. The SMILES string of the molecule is CCNC(=O)N1C2CN(Cc3ccccc3C)C(=O)[C@H](CCSCC)N2C(=O)CN1C. The van der Waals surface area contributed by atoms with Crippen LogP contribution in [0.25, 0.3) is 0 Å². The van der Waals surface area contributed by atoms with Gasteiger partial charge in [-0.25, -0.2) is 14.8 Å². The highest BCUT2D eigenvalue weighted by atomic mass is 32.2. The van der Waals surface area contributed by atoms with Crippen molar-refractivity contribution in [2.45, 2.75) is 45.9 Å². The zero-order chi connectivity index (χ0) is 22.5. The van der Waals surface area contributed by atoms with Gasteiger partial charge in [-0.2, -0.15) is 11.8 Å². The lowest BCUT2D eigenvalue weighted by molar-refractivity contribution is -0.187. The van der Waals surface area contributed by atoms with Gasteiger partial charge in [0.15, 0.2) is 0 Å². The summed E-state index contributed by atoms with van der Waals surface area (Å²) in [7, 11) is 1.74. The zero-order valence-corrected chi connectivity index (χ0v) is 19.7. The van der Waals surface area contributed by atoms with Gasteiger partial charge in [0, 0.05) is 20.1 Å². The summed E-state index contributed by atoms with van der Waals surface area (Å²) < 4.78 is 0. The van der Waals surface area contributed by atoms with Crippen molar-refractivity contribution in [3.05, 3.63) is 35.4 Å². The Morgan fingerprint density at radius 1 is 1.23 bits per heavy atom.